The number of hydrogen-bond donors (Lipinski definition) is 2. The van der Waals surface area contributed by atoms with E-state index in [1.54, 1.807) is 4.31 Å². The van der Waals surface area contributed by atoms with Crippen LogP contribution in [0.15, 0.2) is 0 Å². The fraction of sp³-hybridized carbons (Fsp3) is 0.941. The van der Waals surface area contributed by atoms with Gasteiger partial charge in [-0.2, -0.15) is 0 Å². The van der Waals surface area contributed by atoms with Gasteiger partial charge in [0.1, 0.15) is 0 Å². The van der Waals surface area contributed by atoms with Crippen LogP contribution in [0.25, 0.3) is 0 Å². The monoisotopic (exact) mass is 397 g/mol. The molecule has 0 aromatic rings. The zero-order chi connectivity index (χ0) is 18.4. The first kappa shape index (κ1) is 24.6. The summed E-state index contributed by atoms with van der Waals surface area (Å²) in [6, 6.07) is 0. The van der Waals surface area contributed by atoms with Crippen molar-refractivity contribution < 1.29 is 13.2 Å². The first-order valence-corrected chi connectivity index (χ1v) is 10.7. The minimum Gasteiger partial charge on any atom is -0.349 e. The summed E-state index contributed by atoms with van der Waals surface area (Å²) in [5.41, 5.74) is 5.46. The van der Waals surface area contributed by atoms with Crippen molar-refractivity contribution in [1.82, 2.24) is 9.62 Å². The molecule has 1 atom stereocenters. The van der Waals surface area contributed by atoms with Gasteiger partial charge in [0, 0.05) is 31.1 Å². The molecule has 1 saturated heterocycles. The van der Waals surface area contributed by atoms with E-state index in [4.69, 9.17) is 5.73 Å². The SMILES string of the molecule is CCCCS(=O)(=O)N1CCC(C(=O)NC(C)(CN)CC(C)C)CC1.Cl. The summed E-state index contributed by atoms with van der Waals surface area (Å²) >= 11 is 0. The van der Waals surface area contributed by atoms with Gasteiger partial charge in [-0.1, -0.05) is 27.2 Å². The van der Waals surface area contributed by atoms with E-state index in [1.165, 1.54) is 0 Å². The summed E-state index contributed by atoms with van der Waals surface area (Å²) in [5.74, 6) is 0.541. The van der Waals surface area contributed by atoms with E-state index in [2.05, 4.69) is 19.2 Å². The molecule has 25 heavy (non-hydrogen) atoms. The van der Waals surface area contributed by atoms with Crippen molar-refractivity contribution in [2.45, 2.75) is 65.3 Å². The zero-order valence-corrected chi connectivity index (χ0v) is 17.7. The Morgan fingerprint density at radius 3 is 2.32 bits per heavy atom. The lowest BCUT2D eigenvalue weighted by Crippen LogP contribution is -2.55. The maximum absolute atomic E-state index is 12.5. The largest absolute Gasteiger partial charge is 0.349 e. The maximum atomic E-state index is 12.5. The second kappa shape index (κ2) is 10.7. The first-order valence-electron chi connectivity index (χ1n) is 9.13. The Bertz CT molecular complexity index is 505. The number of amides is 1. The predicted molar refractivity (Wildman–Crippen MR) is 105 cm³/mol. The van der Waals surface area contributed by atoms with Crippen LogP contribution in [0.4, 0.5) is 0 Å². The van der Waals surface area contributed by atoms with Gasteiger partial charge < -0.3 is 11.1 Å². The number of nitrogens with one attached hydrogen (secondary N) is 1. The lowest BCUT2D eigenvalue weighted by molar-refractivity contribution is -0.128. The minimum atomic E-state index is -3.17. The van der Waals surface area contributed by atoms with Crippen LogP contribution in [0.2, 0.25) is 0 Å². The summed E-state index contributed by atoms with van der Waals surface area (Å²) in [4.78, 5) is 12.5. The summed E-state index contributed by atoms with van der Waals surface area (Å²) < 4.78 is 26.0. The molecule has 150 valence electrons. The number of carbonyl (C=O) groups excluding carboxylic acids is 1. The summed E-state index contributed by atoms with van der Waals surface area (Å²) in [6.07, 6.45) is 3.55. The Labute approximate surface area is 159 Å². The van der Waals surface area contributed by atoms with E-state index in [9.17, 15) is 13.2 Å². The second-order valence-electron chi connectivity index (χ2n) is 7.69. The van der Waals surface area contributed by atoms with E-state index >= 15 is 0 Å². The summed E-state index contributed by atoms with van der Waals surface area (Å²) in [7, 11) is -3.17. The molecule has 1 amide bonds. The van der Waals surface area contributed by atoms with Crippen molar-refractivity contribution in [3.63, 3.8) is 0 Å². The van der Waals surface area contributed by atoms with Gasteiger partial charge in [0.05, 0.1) is 5.75 Å². The highest BCUT2D eigenvalue weighted by atomic mass is 35.5. The zero-order valence-electron chi connectivity index (χ0n) is 16.1. The molecule has 3 N–H and O–H groups in total. The number of halogens is 1. The van der Waals surface area contributed by atoms with E-state index < -0.39 is 15.6 Å². The fourth-order valence-corrected chi connectivity index (χ4v) is 5.02. The number of rotatable bonds is 9. The van der Waals surface area contributed by atoms with E-state index in [0.717, 1.165) is 12.8 Å². The lowest BCUT2D eigenvalue weighted by atomic mass is 9.89. The van der Waals surface area contributed by atoms with Crippen LogP contribution in [0.1, 0.15) is 59.8 Å². The lowest BCUT2D eigenvalue weighted by Gasteiger charge is -2.35. The molecular formula is C17H36ClN3O3S. The van der Waals surface area contributed by atoms with Gasteiger partial charge in [0.2, 0.25) is 15.9 Å². The molecule has 1 aliphatic rings. The Kier molecular flexibility index (Phi) is 10.5. The van der Waals surface area contributed by atoms with Crippen molar-refractivity contribution in [1.29, 1.82) is 0 Å². The number of carbonyl (C=O) groups is 1. The Balaban J connectivity index is 0.00000576. The average Bonchev–Trinajstić information content (AvgIpc) is 2.52. The molecule has 6 nitrogen and oxygen atoms in total. The van der Waals surface area contributed by atoms with Crippen LogP contribution >= 0.6 is 12.4 Å². The summed E-state index contributed by atoms with van der Waals surface area (Å²) in [5, 5.41) is 3.10. The predicted octanol–water partition coefficient (Wildman–Crippen LogP) is 2.13. The van der Waals surface area contributed by atoms with Crippen LogP contribution in [0.3, 0.4) is 0 Å². The Morgan fingerprint density at radius 2 is 1.88 bits per heavy atom. The van der Waals surface area contributed by atoms with Gasteiger partial charge in [-0.05, 0) is 38.5 Å². The molecule has 0 aliphatic carbocycles. The van der Waals surface area contributed by atoms with E-state index in [1.807, 2.05) is 13.8 Å². The number of hydrogen-bond acceptors (Lipinski definition) is 4. The maximum Gasteiger partial charge on any atom is 0.223 e. The quantitative estimate of drug-likeness (QED) is 0.623. The third kappa shape index (κ3) is 7.81. The van der Waals surface area contributed by atoms with Gasteiger partial charge in [0.15, 0.2) is 0 Å². The number of nitrogens with zero attached hydrogens (tertiary/aromatic N) is 1. The third-order valence-electron chi connectivity index (χ3n) is 4.71. The van der Waals surface area contributed by atoms with Crippen LogP contribution < -0.4 is 11.1 Å². The van der Waals surface area contributed by atoms with Crippen molar-refractivity contribution in [2.75, 3.05) is 25.4 Å². The normalized spacial score (nSPS) is 19.3. The number of unbranched alkanes of at least 4 members (excludes halogenated alkanes) is 1. The van der Waals surface area contributed by atoms with E-state index in [-0.39, 0.29) is 30.0 Å². The molecule has 1 unspecified atom stereocenters. The van der Waals surface area contributed by atoms with Crippen LogP contribution in [-0.2, 0) is 14.8 Å². The minimum absolute atomic E-state index is 0. The van der Waals surface area contributed by atoms with Crippen molar-refractivity contribution in [3.8, 4) is 0 Å². The highest BCUT2D eigenvalue weighted by Crippen LogP contribution is 2.23. The van der Waals surface area contributed by atoms with Gasteiger partial charge >= 0.3 is 0 Å². The topological polar surface area (TPSA) is 92.5 Å². The molecule has 0 spiro atoms. The first-order chi connectivity index (χ1) is 11.1. The average molecular weight is 398 g/mol. The molecule has 1 rings (SSSR count). The summed E-state index contributed by atoms with van der Waals surface area (Å²) in [6.45, 7) is 9.47. The molecule has 1 aliphatic heterocycles. The van der Waals surface area contributed by atoms with Crippen molar-refractivity contribution >= 4 is 28.3 Å². The van der Waals surface area contributed by atoms with Crippen molar-refractivity contribution in [2.24, 2.45) is 17.6 Å². The fourth-order valence-electron chi connectivity index (χ4n) is 3.34. The highest BCUT2D eigenvalue weighted by Gasteiger charge is 2.33. The molecule has 1 heterocycles. The molecule has 1 fully saturated rings. The molecule has 0 saturated carbocycles. The Hall–Kier alpha value is -0.370. The van der Waals surface area contributed by atoms with E-state index in [0.29, 0.717) is 44.8 Å². The van der Waals surface area contributed by atoms with Crippen LogP contribution in [-0.4, -0.2) is 49.6 Å². The molecule has 0 aromatic carbocycles. The number of nitrogens with two attached hydrogens (primary N) is 1. The number of sulfonamides is 1. The van der Waals surface area contributed by atoms with Crippen molar-refractivity contribution in [3.05, 3.63) is 0 Å². The van der Waals surface area contributed by atoms with Crippen LogP contribution in [0.5, 0.6) is 0 Å². The van der Waals surface area contributed by atoms with Crippen LogP contribution in [0, 0.1) is 11.8 Å². The third-order valence-corrected chi connectivity index (χ3v) is 6.66. The molecule has 0 aromatic heterocycles. The standard InChI is InChI=1S/C17H35N3O3S.ClH/c1-5-6-11-24(22,23)20-9-7-15(8-10-20)16(21)19-17(4,13-18)12-14(2)3;/h14-15H,5-13,18H2,1-4H3,(H,19,21);1H. The molecular weight excluding hydrogens is 362 g/mol. The van der Waals surface area contributed by atoms with Gasteiger partial charge in [0.25, 0.3) is 0 Å². The molecule has 8 heteroatoms. The molecule has 0 bridgehead atoms. The highest BCUT2D eigenvalue weighted by molar-refractivity contribution is 7.89. The van der Waals surface area contributed by atoms with Gasteiger partial charge in [-0.3, -0.25) is 4.79 Å². The Morgan fingerprint density at radius 1 is 1.32 bits per heavy atom. The number of piperidine rings is 1. The van der Waals surface area contributed by atoms with Gasteiger partial charge in [-0.25, -0.2) is 12.7 Å². The van der Waals surface area contributed by atoms with Gasteiger partial charge in [-0.15, -0.1) is 12.4 Å². The smallest absolute Gasteiger partial charge is 0.223 e. The molecule has 0 radical (unpaired) electrons. The second-order valence-corrected chi connectivity index (χ2v) is 9.78.